The first kappa shape index (κ1) is 30.5. The molecule has 0 aliphatic heterocycles. The third-order valence-corrected chi connectivity index (χ3v) is 9.07. The Balaban J connectivity index is 1.15. The zero-order valence-electron chi connectivity index (χ0n) is 23.9. The molecular weight excluding hydrogens is 554 g/mol. The van der Waals surface area contributed by atoms with Crippen LogP contribution < -0.4 is 4.74 Å². The summed E-state index contributed by atoms with van der Waals surface area (Å²) in [5.41, 5.74) is 1.37. The number of halogens is 6. The maximum atomic E-state index is 15.2. The van der Waals surface area contributed by atoms with E-state index < -0.39 is 34.9 Å². The van der Waals surface area contributed by atoms with E-state index in [4.69, 9.17) is 9.47 Å². The highest BCUT2D eigenvalue weighted by atomic mass is 19.2. The van der Waals surface area contributed by atoms with Gasteiger partial charge in [-0.3, -0.25) is 0 Å². The number of hydrogen-bond acceptors (Lipinski definition) is 2. The van der Waals surface area contributed by atoms with Crippen LogP contribution in [0.15, 0.2) is 36.4 Å². The van der Waals surface area contributed by atoms with E-state index in [0.717, 1.165) is 0 Å². The molecule has 2 aliphatic carbocycles. The van der Waals surface area contributed by atoms with Gasteiger partial charge < -0.3 is 9.47 Å². The molecule has 2 nitrogen and oxygen atoms in total. The van der Waals surface area contributed by atoms with Crippen LogP contribution in [-0.2, 0) is 11.3 Å². The van der Waals surface area contributed by atoms with Gasteiger partial charge in [-0.1, -0.05) is 30.3 Å². The van der Waals surface area contributed by atoms with Crippen molar-refractivity contribution < 1.29 is 35.8 Å². The molecule has 226 valence electrons. The van der Waals surface area contributed by atoms with Gasteiger partial charge in [-0.15, -0.1) is 0 Å². The summed E-state index contributed by atoms with van der Waals surface area (Å²) in [6, 6.07) is 9.38. The first-order valence-electron chi connectivity index (χ1n) is 14.8. The second-order valence-electron chi connectivity index (χ2n) is 11.6. The highest BCUT2D eigenvalue weighted by molar-refractivity contribution is 5.34. The van der Waals surface area contributed by atoms with Gasteiger partial charge in [0.05, 0.1) is 19.3 Å². The quantitative estimate of drug-likeness (QED) is 0.243. The van der Waals surface area contributed by atoms with Crippen molar-refractivity contribution in [3.8, 4) is 5.75 Å². The Morgan fingerprint density at radius 1 is 0.571 bits per heavy atom. The van der Waals surface area contributed by atoms with Crippen LogP contribution >= 0.6 is 0 Å². The van der Waals surface area contributed by atoms with Gasteiger partial charge in [0, 0.05) is 5.56 Å². The Labute approximate surface area is 243 Å². The monoisotopic (exact) mass is 590 g/mol. The average molecular weight is 591 g/mol. The number of ether oxygens (including phenoxy) is 2. The molecule has 2 fully saturated rings. The molecule has 42 heavy (non-hydrogen) atoms. The maximum absolute atomic E-state index is 15.2. The largest absolute Gasteiger partial charge is 0.491 e. The molecule has 0 aromatic heterocycles. The summed E-state index contributed by atoms with van der Waals surface area (Å²) in [6.07, 6.45) is 4.41. The van der Waals surface area contributed by atoms with Crippen molar-refractivity contribution >= 4 is 0 Å². The number of rotatable bonds is 8. The van der Waals surface area contributed by atoms with Crippen LogP contribution in [0.1, 0.15) is 104 Å². The first-order chi connectivity index (χ1) is 20.2. The fourth-order valence-corrected chi connectivity index (χ4v) is 6.60. The topological polar surface area (TPSA) is 18.5 Å². The molecular formula is C34H36F6O2. The van der Waals surface area contributed by atoms with Crippen LogP contribution in [0.2, 0.25) is 0 Å². The lowest BCUT2D eigenvalue weighted by Gasteiger charge is -2.30. The SMILES string of the molecule is CCOc1ccc(C2CCC(c3ccc(COC4CCC(c5ccc(C)c(F)c5F)CC4)c(F)c3F)CC2)c(F)c1F. The molecule has 0 unspecified atom stereocenters. The van der Waals surface area contributed by atoms with Gasteiger partial charge in [-0.25, -0.2) is 22.0 Å². The van der Waals surface area contributed by atoms with E-state index in [-0.39, 0.29) is 53.9 Å². The lowest BCUT2D eigenvalue weighted by Crippen LogP contribution is -2.22. The minimum Gasteiger partial charge on any atom is -0.491 e. The van der Waals surface area contributed by atoms with Gasteiger partial charge in [-0.05, 0) is 111 Å². The van der Waals surface area contributed by atoms with Crippen LogP contribution in [0.3, 0.4) is 0 Å². The van der Waals surface area contributed by atoms with Gasteiger partial charge in [-0.2, -0.15) is 4.39 Å². The third-order valence-electron chi connectivity index (χ3n) is 9.07. The molecule has 0 N–H and O–H groups in total. The van der Waals surface area contributed by atoms with E-state index in [9.17, 15) is 17.6 Å². The molecule has 3 aromatic rings. The van der Waals surface area contributed by atoms with Gasteiger partial charge in [0.25, 0.3) is 0 Å². The fraction of sp³-hybridized carbons (Fsp3) is 0.471. The first-order valence-corrected chi connectivity index (χ1v) is 14.8. The zero-order chi connectivity index (χ0) is 30.0. The molecule has 3 aromatic carbocycles. The second kappa shape index (κ2) is 13.1. The van der Waals surface area contributed by atoms with E-state index >= 15 is 8.78 Å². The third kappa shape index (κ3) is 6.19. The molecule has 0 heterocycles. The zero-order valence-corrected chi connectivity index (χ0v) is 23.9. The lowest BCUT2D eigenvalue weighted by molar-refractivity contribution is 0.0116. The van der Waals surface area contributed by atoms with Crippen molar-refractivity contribution in [2.45, 2.75) is 95.7 Å². The Morgan fingerprint density at radius 2 is 1.05 bits per heavy atom. The van der Waals surface area contributed by atoms with Crippen molar-refractivity contribution in [3.05, 3.63) is 99.1 Å². The summed E-state index contributed by atoms with van der Waals surface area (Å²) < 4.78 is 98.8. The molecule has 0 radical (unpaired) electrons. The normalized spacial score (nSPS) is 22.8. The van der Waals surface area contributed by atoms with Crippen molar-refractivity contribution in [3.63, 3.8) is 0 Å². The predicted octanol–water partition coefficient (Wildman–Crippen LogP) is 9.91. The maximum Gasteiger partial charge on any atom is 0.200 e. The Bertz CT molecular complexity index is 1410. The summed E-state index contributed by atoms with van der Waals surface area (Å²) in [6.45, 7) is 3.37. The lowest BCUT2D eigenvalue weighted by atomic mass is 9.75. The average Bonchev–Trinajstić information content (AvgIpc) is 3.00. The Kier molecular flexibility index (Phi) is 9.50. The molecule has 5 rings (SSSR count). The molecule has 0 bridgehead atoms. The summed E-state index contributed by atoms with van der Waals surface area (Å²) in [5, 5.41) is 0. The highest BCUT2D eigenvalue weighted by Gasteiger charge is 2.30. The summed E-state index contributed by atoms with van der Waals surface area (Å²) in [5.74, 6) is -5.96. The van der Waals surface area contributed by atoms with Crippen LogP contribution in [0.4, 0.5) is 26.3 Å². The van der Waals surface area contributed by atoms with E-state index in [1.807, 2.05) is 0 Å². The van der Waals surface area contributed by atoms with E-state index in [1.54, 1.807) is 37.3 Å². The van der Waals surface area contributed by atoms with E-state index in [2.05, 4.69) is 0 Å². The smallest absolute Gasteiger partial charge is 0.200 e. The summed E-state index contributed by atoms with van der Waals surface area (Å²) >= 11 is 0. The number of hydrogen-bond donors (Lipinski definition) is 0. The predicted molar refractivity (Wildman–Crippen MR) is 149 cm³/mol. The van der Waals surface area contributed by atoms with Crippen LogP contribution in [0.25, 0.3) is 0 Å². The van der Waals surface area contributed by atoms with Gasteiger partial charge in [0.15, 0.2) is 34.8 Å². The van der Waals surface area contributed by atoms with Crippen LogP contribution in [0, 0.1) is 41.8 Å². The molecule has 0 amide bonds. The minimum atomic E-state index is -0.994. The number of benzene rings is 3. The molecule has 0 saturated heterocycles. The van der Waals surface area contributed by atoms with Crippen molar-refractivity contribution in [1.29, 1.82) is 0 Å². The van der Waals surface area contributed by atoms with Crippen LogP contribution in [-0.4, -0.2) is 12.7 Å². The minimum absolute atomic E-state index is 0.0821. The second-order valence-corrected chi connectivity index (χ2v) is 11.6. The fourth-order valence-electron chi connectivity index (χ4n) is 6.60. The standard InChI is InChI=1S/C34H36F6O2/c1-3-41-28-17-16-27(33(39)34(28)40)21-7-5-20(6-8-21)26-15-11-23(30(36)32(26)38)18-42-24-12-9-22(10-13-24)25-14-4-19(2)29(35)31(25)37/h4,11,14-17,20-22,24H,3,5-10,12-13,18H2,1-2H3. The molecule has 2 saturated carbocycles. The van der Waals surface area contributed by atoms with Gasteiger partial charge in [0.2, 0.25) is 5.82 Å². The van der Waals surface area contributed by atoms with Crippen LogP contribution in [0.5, 0.6) is 5.75 Å². The molecule has 8 heteroatoms. The molecule has 0 atom stereocenters. The summed E-state index contributed by atoms with van der Waals surface area (Å²) in [4.78, 5) is 0. The summed E-state index contributed by atoms with van der Waals surface area (Å²) in [7, 11) is 0. The van der Waals surface area contributed by atoms with Crippen molar-refractivity contribution in [1.82, 2.24) is 0 Å². The molecule has 0 spiro atoms. The van der Waals surface area contributed by atoms with Crippen molar-refractivity contribution in [2.75, 3.05) is 6.61 Å². The van der Waals surface area contributed by atoms with Crippen molar-refractivity contribution in [2.24, 2.45) is 0 Å². The highest BCUT2D eigenvalue weighted by Crippen LogP contribution is 2.43. The molecule has 2 aliphatic rings. The Morgan fingerprint density at radius 3 is 1.62 bits per heavy atom. The number of aryl methyl sites for hydroxylation is 1. The van der Waals surface area contributed by atoms with E-state index in [0.29, 0.717) is 68.1 Å². The Hall–Kier alpha value is -3.00. The van der Waals surface area contributed by atoms with Gasteiger partial charge in [0.1, 0.15) is 0 Å². The van der Waals surface area contributed by atoms with E-state index in [1.165, 1.54) is 13.0 Å². The van der Waals surface area contributed by atoms with Gasteiger partial charge >= 0.3 is 0 Å².